The Kier molecular flexibility index (Phi) is 3.64. The number of guanidine groups is 1. The second-order valence-electron chi connectivity index (χ2n) is 3.17. The molecule has 0 amide bonds. The highest BCUT2D eigenvalue weighted by Gasteiger charge is 2.35. The predicted octanol–water partition coefficient (Wildman–Crippen LogP) is -2.91. The Balaban J connectivity index is 2.67. The highest BCUT2D eigenvalue weighted by molar-refractivity contribution is 5.75. The lowest BCUT2D eigenvalue weighted by molar-refractivity contribution is -0.226. The number of aliphatic hydroxyl groups excluding tert-OH is 3. The molecule has 0 spiro atoms. The van der Waals surface area contributed by atoms with E-state index in [-0.39, 0.29) is 19.0 Å². The molecule has 0 aromatic rings. The summed E-state index contributed by atoms with van der Waals surface area (Å²) in [4.78, 5) is 3.79. The van der Waals surface area contributed by atoms with Crippen LogP contribution in [0.2, 0.25) is 0 Å². The minimum atomic E-state index is -1.29. The maximum absolute atomic E-state index is 9.27. The van der Waals surface area contributed by atoms with Crippen molar-refractivity contribution in [2.45, 2.75) is 31.0 Å². The molecule has 1 aliphatic heterocycles. The van der Waals surface area contributed by atoms with E-state index in [2.05, 4.69) is 4.99 Å². The monoisotopic (exact) mass is 205 g/mol. The van der Waals surface area contributed by atoms with Gasteiger partial charge in [-0.1, -0.05) is 0 Å². The number of rotatable bonds is 2. The molecule has 0 aliphatic carbocycles. The standard InChI is InChI=1S/C7H15N3O4/c8-7(9)10-3-1-4(12)6(13)14-5(3)2-11/h3-6,11-13H,1-2H2,(H4,8,9,10)/t3-,4+,5?,6-/m0/s1. The largest absolute Gasteiger partial charge is 0.394 e. The fraction of sp³-hybridized carbons (Fsp3) is 0.857. The van der Waals surface area contributed by atoms with Crippen molar-refractivity contribution in [1.82, 2.24) is 0 Å². The number of hydrogen-bond donors (Lipinski definition) is 5. The fourth-order valence-corrected chi connectivity index (χ4v) is 1.37. The summed E-state index contributed by atoms with van der Waals surface area (Å²) in [6.45, 7) is -0.314. The average Bonchev–Trinajstić information content (AvgIpc) is 2.10. The first-order valence-electron chi connectivity index (χ1n) is 4.25. The molecule has 1 aliphatic rings. The Morgan fingerprint density at radius 2 is 2.07 bits per heavy atom. The molecule has 1 saturated heterocycles. The van der Waals surface area contributed by atoms with Gasteiger partial charge in [0.25, 0.3) is 0 Å². The molecular formula is C7H15N3O4. The van der Waals surface area contributed by atoms with Crippen molar-refractivity contribution in [3.05, 3.63) is 0 Å². The Hall–Kier alpha value is -0.890. The van der Waals surface area contributed by atoms with E-state index in [0.717, 1.165) is 0 Å². The van der Waals surface area contributed by atoms with Crippen LogP contribution in [0.1, 0.15) is 6.42 Å². The summed E-state index contributed by atoms with van der Waals surface area (Å²) in [5.41, 5.74) is 10.3. The van der Waals surface area contributed by atoms with Gasteiger partial charge in [0.1, 0.15) is 12.2 Å². The second-order valence-corrected chi connectivity index (χ2v) is 3.17. The highest BCUT2D eigenvalue weighted by Crippen LogP contribution is 2.21. The fourth-order valence-electron chi connectivity index (χ4n) is 1.37. The van der Waals surface area contributed by atoms with Crippen LogP contribution in [0.4, 0.5) is 0 Å². The van der Waals surface area contributed by atoms with Crippen molar-refractivity contribution in [3.8, 4) is 0 Å². The normalized spacial score (nSPS) is 37.9. The first kappa shape index (κ1) is 11.2. The Bertz CT molecular complexity index is 219. The third-order valence-electron chi connectivity index (χ3n) is 2.05. The van der Waals surface area contributed by atoms with Crippen molar-refractivity contribution in [3.63, 3.8) is 0 Å². The first-order valence-corrected chi connectivity index (χ1v) is 4.25. The van der Waals surface area contributed by atoms with E-state index >= 15 is 0 Å². The number of hydrogen-bond acceptors (Lipinski definition) is 5. The summed E-state index contributed by atoms with van der Waals surface area (Å²) >= 11 is 0. The molecule has 0 aromatic carbocycles. The quantitative estimate of drug-likeness (QED) is 0.242. The molecule has 0 aromatic heterocycles. The lowest BCUT2D eigenvalue weighted by Crippen LogP contribution is -2.48. The van der Waals surface area contributed by atoms with Gasteiger partial charge in [0, 0.05) is 6.42 Å². The molecule has 0 bridgehead atoms. The number of aliphatic hydroxyl groups is 3. The maximum atomic E-state index is 9.27. The van der Waals surface area contributed by atoms with Crippen LogP contribution in [0.5, 0.6) is 0 Å². The van der Waals surface area contributed by atoms with E-state index in [1.165, 1.54) is 0 Å². The first-order chi connectivity index (χ1) is 6.54. The number of aliphatic imine (C=N–C) groups is 1. The molecule has 14 heavy (non-hydrogen) atoms. The van der Waals surface area contributed by atoms with E-state index in [1.54, 1.807) is 0 Å². The Labute approximate surface area is 81.0 Å². The van der Waals surface area contributed by atoms with E-state index < -0.39 is 24.5 Å². The number of nitrogens with two attached hydrogens (primary N) is 2. The van der Waals surface area contributed by atoms with Crippen molar-refractivity contribution in [2.75, 3.05) is 6.61 Å². The van der Waals surface area contributed by atoms with E-state index in [0.29, 0.717) is 0 Å². The van der Waals surface area contributed by atoms with Crippen LogP contribution in [0.3, 0.4) is 0 Å². The van der Waals surface area contributed by atoms with Crippen LogP contribution >= 0.6 is 0 Å². The van der Waals surface area contributed by atoms with Crippen molar-refractivity contribution in [1.29, 1.82) is 0 Å². The molecule has 7 heteroatoms. The molecule has 1 heterocycles. The molecule has 7 nitrogen and oxygen atoms in total. The summed E-state index contributed by atoms with van der Waals surface area (Å²) in [5.74, 6) is -0.138. The van der Waals surface area contributed by atoms with Gasteiger partial charge in [0.15, 0.2) is 12.2 Å². The van der Waals surface area contributed by atoms with Gasteiger partial charge < -0.3 is 31.5 Å². The maximum Gasteiger partial charge on any atom is 0.186 e. The molecular weight excluding hydrogens is 190 g/mol. The van der Waals surface area contributed by atoms with Crippen molar-refractivity contribution < 1.29 is 20.1 Å². The third-order valence-corrected chi connectivity index (χ3v) is 2.05. The van der Waals surface area contributed by atoms with Crippen molar-refractivity contribution >= 4 is 5.96 Å². The SMILES string of the molecule is NC(N)=N[C@H]1C[C@@H](O)[C@@H](O)OC1CO. The van der Waals surface area contributed by atoms with Gasteiger partial charge in [-0.05, 0) is 0 Å². The molecule has 1 unspecified atom stereocenters. The zero-order chi connectivity index (χ0) is 10.7. The van der Waals surface area contributed by atoms with Gasteiger partial charge in [0.05, 0.1) is 12.6 Å². The lowest BCUT2D eigenvalue weighted by Gasteiger charge is -2.34. The molecule has 0 radical (unpaired) electrons. The topological polar surface area (TPSA) is 134 Å². The van der Waals surface area contributed by atoms with Gasteiger partial charge in [-0.2, -0.15) is 0 Å². The molecule has 82 valence electrons. The van der Waals surface area contributed by atoms with Crippen molar-refractivity contribution in [2.24, 2.45) is 16.5 Å². The zero-order valence-corrected chi connectivity index (χ0v) is 7.58. The van der Waals surface area contributed by atoms with Crippen LogP contribution in [-0.2, 0) is 4.74 Å². The van der Waals surface area contributed by atoms with Crippen LogP contribution in [-0.4, -0.2) is 52.4 Å². The minimum Gasteiger partial charge on any atom is -0.394 e. The van der Waals surface area contributed by atoms with Gasteiger partial charge in [-0.15, -0.1) is 0 Å². The second kappa shape index (κ2) is 4.56. The average molecular weight is 205 g/mol. The zero-order valence-electron chi connectivity index (χ0n) is 7.58. The summed E-state index contributed by atoms with van der Waals surface area (Å²) in [5, 5.41) is 27.3. The van der Waals surface area contributed by atoms with E-state index in [1.807, 2.05) is 0 Å². The lowest BCUT2D eigenvalue weighted by atomic mass is 10.0. The van der Waals surface area contributed by atoms with Crippen LogP contribution in [0.15, 0.2) is 4.99 Å². The van der Waals surface area contributed by atoms with Gasteiger partial charge in [0.2, 0.25) is 0 Å². The predicted molar refractivity (Wildman–Crippen MR) is 48.2 cm³/mol. The van der Waals surface area contributed by atoms with Gasteiger partial charge in [-0.25, -0.2) is 4.99 Å². The smallest absolute Gasteiger partial charge is 0.186 e. The molecule has 4 atom stereocenters. The van der Waals surface area contributed by atoms with E-state index in [4.69, 9.17) is 26.4 Å². The molecule has 7 N–H and O–H groups in total. The summed E-state index contributed by atoms with van der Waals surface area (Å²) < 4.78 is 4.90. The van der Waals surface area contributed by atoms with Crippen LogP contribution < -0.4 is 11.5 Å². The summed E-state index contributed by atoms with van der Waals surface area (Å²) in [6.07, 6.45) is -2.86. The van der Waals surface area contributed by atoms with Gasteiger partial charge >= 0.3 is 0 Å². The molecule has 0 saturated carbocycles. The Morgan fingerprint density at radius 3 is 2.57 bits per heavy atom. The molecule has 1 rings (SSSR count). The highest BCUT2D eigenvalue weighted by atomic mass is 16.6. The summed E-state index contributed by atoms with van der Waals surface area (Å²) in [7, 11) is 0. The molecule has 1 fully saturated rings. The van der Waals surface area contributed by atoms with E-state index in [9.17, 15) is 5.11 Å². The third kappa shape index (κ3) is 2.55. The number of ether oxygens (including phenoxy) is 1. The van der Waals surface area contributed by atoms with Crippen LogP contribution in [0, 0.1) is 0 Å². The minimum absolute atomic E-state index is 0.138. The number of nitrogens with zero attached hydrogens (tertiary/aromatic N) is 1. The van der Waals surface area contributed by atoms with Gasteiger partial charge in [-0.3, -0.25) is 0 Å². The van der Waals surface area contributed by atoms with Crippen LogP contribution in [0.25, 0.3) is 0 Å². The summed E-state index contributed by atoms with van der Waals surface area (Å²) in [6, 6.07) is -0.525. The Morgan fingerprint density at radius 1 is 1.43 bits per heavy atom.